The van der Waals surface area contributed by atoms with Crippen LogP contribution in [0.3, 0.4) is 0 Å². The number of benzene rings is 1. The Hall–Kier alpha value is -1.62. The topological polar surface area (TPSA) is 44.1 Å². The fraction of sp³-hybridized carbons (Fsp3) is 0.231. The van der Waals surface area contributed by atoms with Crippen LogP contribution in [-0.2, 0) is 4.74 Å². The Morgan fingerprint density at radius 3 is 2.67 bits per heavy atom. The van der Waals surface area contributed by atoms with Crippen LogP contribution in [0.2, 0.25) is 0 Å². The standard InChI is InChI=1S/C13H13BrN2O2/c1-3-18-13(17)11-8-12(14)16(15-11)10-6-4-9(2)5-7-10/h4-8H,3H2,1-2H3. The van der Waals surface area contributed by atoms with Gasteiger partial charge in [-0.3, -0.25) is 0 Å². The molecular weight excluding hydrogens is 296 g/mol. The van der Waals surface area contributed by atoms with Gasteiger partial charge < -0.3 is 4.74 Å². The van der Waals surface area contributed by atoms with E-state index in [4.69, 9.17) is 4.74 Å². The van der Waals surface area contributed by atoms with Crippen LogP contribution in [-0.4, -0.2) is 22.4 Å². The molecule has 0 saturated heterocycles. The number of halogens is 1. The minimum absolute atomic E-state index is 0.296. The normalized spacial score (nSPS) is 10.4. The summed E-state index contributed by atoms with van der Waals surface area (Å²) < 4.78 is 7.29. The molecule has 2 rings (SSSR count). The van der Waals surface area contributed by atoms with Crippen LogP contribution >= 0.6 is 15.9 Å². The maximum atomic E-state index is 11.6. The van der Waals surface area contributed by atoms with Crippen LogP contribution in [0.15, 0.2) is 34.9 Å². The number of esters is 1. The van der Waals surface area contributed by atoms with Crippen molar-refractivity contribution < 1.29 is 9.53 Å². The molecule has 0 amide bonds. The van der Waals surface area contributed by atoms with Gasteiger partial charge in [0.2, 0.25) is 0 Å². The van der Waals surface area contributed by atoms with Crippen molar-refractivity contribution in [3.05, 3.63) is 46.2 Å². The smallest absolute Gasteiger partial charge is 0.358 e. The molecule has 94 valence electrons. The van der Waals surface area contributed by atoms with Crippen molar-refractivity contribution in [1.29, 1.82) is 0 Å². The van der Waals surface area contributed by atoms with Gasteiger partial charge in [0.05, 0.1) is 12.3 Å². The molecule has 4 nitrogen and oxygen atoms in total. The predicted molar refractivity (Wildman–Crippen MR) is 72.0 cm³/mol. The zero-order valence-corrected chi connectivity index (χ0v) is 11.8. The Kier molecular flexibility index (Phi) is 3.81. The highest BCUT2D eigenvalue weighted by molar-refractivity contribution is 9.10. The van der Waals surface area contributed by atoms with Gasteiger partial charge in [-0.25, -0.2) is 9.48 Å². The van der Waals surface area contributed by atoms with Crippen molar-refractivity contribution in [2.24, 2.45) is 0 Å². The quantitative estimate of drug-likeness (QED) is 0.818. The third-order valence-electron chi connectivity index (χ3n) is 2.43. The second kappa shape index (κ2) is 5.35. The fourth-order valence-electron chi connectivity index (χ4n) is 1.53. The molecule has 18 heavy (non-hydrogen) atoms. The van der Waals surface area contributed by atoms with Crippen molar-refractivity contribution in [2.75, 3.05) is 6.61 Å². The van der Waals surface area contributed by atoms with Crippen LogP contribution in [0.1, 0.15) is 23.0 Å². The second-order valence-corrected chi connectivity index (χ2v) is 4.63. The Morgan fingerprint density at radius 2 is 2.06 bits per heavy atom. The zero-order chi connectivity index (χ0) is 13.1. The number of carbonyl (C=O) groups excluding carboxylic acids is 1. The molecule has 1 heterocycles. The maximum Gasteiger partial charge on any atom is 0.358 e. The van der Waals surface area contributed by atoms with Crippen molar-refractivity contribution >= 4 is 21.9 Å². The monoisotopic (exact) mass is 308 g/mol. The SMILES string of the molecule is CCOC(=O)c1cc(Br)n(-c2ccc(C)cc2)n1. The Bertz CT molecular complexity index is 561. The Balaban J connectivity index is 2.34. The van der Waals surface area contributed by atoms with Gasteiger partial charge in [-0.15, -0.1) is 0 Å². The molecule has 1 aromatic heterocycles. The lowest BCUT2D eigenvalue weighted by Gasteiger charge is -2.03. The summed E-state index contributed by atoms with van der Waals surface area (Å²) >= 11 is 3.38. The number of hydrogen-bond acceptors (Lipinski definition) is 3. The van der Waals surface area contributed by atoms with Crippen molar-refractivity contribution in [3.63, 3.8) is 0 Å². The van der Waals surface area contributed by atoms with E-state index in [1.807, 2.05) is 31.2 Å². The molecular formula is C13H13BrN2O2. The van der Waals surface area contributed by atoms with Crippen molar-refractivity contribution in [1.82, 2.24) is 9.78 Å². The molecule has 2 aromatic rings. The summed E-state index contributed by atoms with van der Waals surface area (Å²) in [6, 6.07) is 9.53. The number of nitrogens with zero attached hydrogens (tertiary/aromatic N) is 2. The van der Waals surface area contributed by atoms with E-state index in [1.54, 1.807) is 17.7 Å². The molecule has 0 aliphatic carbocycles. The summed E-state index contributed by atoms with van der Waals surface area (Å²) in [5.74, 6) is -0.413. The Morgan fingerprint density at radius 1 is 1.39 bits per heavy atom. The fourth-order valence-corrected chi connectivity index (χ4v) is 2.03. The molecule has 0 fully saturated rings. The minimum atomic E-state index is -0.413. The predicted octanol–water partition coefficient (Wildman–Crippen LogP) is 3.12. The number of rotatable bonds is 3. The van der Waals surface area contributed by atoms with E-state index in [0.29, 0.717) is 12.3 Å². The molecule has 0 atom stereocenters. The molecule has 0 N–H and O–H groups in total. The summed E-state index contributed by atoms with van der Waals surface area (Å²) in [7, 11) is 0. The number of ether oxygens (including phenoxy) is 1. The number of hydrogen-bond donors (Lipinski definition) is 0. The highest BCUT2D eigenvalue weighted by Gasteiger charge is 2.14. The molecule has 0 radical (unpaired) electrons. The molecule has 0 bridgehead atoms. The molecule has 1 aromatic carbocycles. The average molecular weight is 309 g/mol. The maximum absolute atomic E-state index is 11.6. The third kappa shape index (κ3) is 2.61. The van der Waals surface area contributed by atoms with Crippen LogP contribution < -0.4 is 0 Å². The first-order valence-electron chi connectivity index (χ1n) is 5.61. The van der Waals surface area contributed by atoms with Gasteiger partial charge >= 0.3 is 5.97 Å². The summed E-state index contributed by atoms with van der Waals surface area (Å²) in [4.78, 5) is 11.6. The lowest BCUT2D eigenvalue weighted by molar-refractivity contribution is 0.0519. The highest BCUT2D eigenvalue weighted by atomic mass is 79.9. The van der Waals surface area contributed by atoms with Gasteiger partial charge in [0, 0.05) is 6.07 Å². The molecule has 0 aliphatic heterocycles. The van der Waals surface area contributed by atoms with Gasteiger partial charge in [-0.05, 0) is 41.9 Å². The van der Waals surface area contributed by atoms with E-state index < -0.39 is 5.97 Å². The van der Waals surface area contributed by atoms with E-state index >= 15 is 0 Å². The largest absolute Gasteiger partial charge is 0.461 e. The first-order chi connectivity index (χ1) is 8.61. The molecule has 0 aliphatic rings. The second-order valence-electron chi connectivity index (χ2n) is 3.82. The van der Waals surface area contributed by atoms with E-state index in [2.05, 4.69) is 21.0 Å². The lowest BCUT2D eigenvalue weighted by atomic mass is 10.2. The van der Waals surface area contributed by atoms with E-state index in [9.17, 15) is 4.79 Å². The average Bonchev–Trinajstić information content (AvgIpc) is 2.73. The van der Waals surface area contributed by atoms with Crippen LogP contribution in [0.5, 0.6) is 0 Å². The van der Waals surface area contributed by atoms with Crippen molar-refractivity contribution in [3.8, 4) is 5.69 Å². The van der Waals surface area contributed by atoms with Crippen LogP contribution in [0.4, 0.5) is 0 Å². The van der Waals surface area contributed by atoms with Gasteiger partial charge in [0.1, 0.15) is 4.60 Å². The highest BCUT2D eigenvalue weighted by Crippen LogP contribution is 2.18. The summed E-state index contributed by atoms with van der Waals surface area (Å²) in [6.07, 6.45) is 0. The number of aromatic nitrogens is 2. The van der Waals surface area contributed by atoms with Crippen LogP contribution in [0.25, 0.3) is 5.69 Å². The van der Waals surface area contributed by atoms with Crippen LogP contribution in [0, 0.1) is 6.92 Å². The molecule has 5 heteroatoms. The number of aryl methyl sites for hydroxylation is 1. The van der Waals surface area contributed by atoms with Crippen molar-refractivity contribution in [2.45, 2.75) is 13.8 Å². The van der Waals surface area contributed by atoms with Gasteiger partial charge in [-0.2, -0.15) is 5.10 Å². The lowest BCUT2D eigenvalue weighted by Crippen LogP contribution is -2.06. The zero-order valence-electron chi connectivity index (χ0n) is 10.2. The molecule has 0 unspecified atom stereocenters. The minimum Gasteiger partial charge on any atom is -0.461 e. The molecule has 0 saturated carbocycles. The van der Waals surface area contributed by atoms with E-state index in [-0.39, 0.29) is 0 Å². The Labute approximate surface area is 114 Å². The first-order valence-corrected chi connectivity index (χ1v) is 6.41. The summed E-state index contributed by atoms with van der Waals surface area (Å²) in [5, 5.41) is 4.22. The third-order valence-corrected chi connectivity index (χ3v) is 2.99. The van der Waals surface area contributed by atoms with E-state index in [0.717, 1.165) is 10.3 Å². The van der Waals surface area contributed by atoms with Gasteiger partial charge in [0.15, 0.2) is 5.69 Å². The molecule has 0 spiro atoms. The first kappa shape index (κ1) is 12.8. The van der Waals surface area contributed by atoms with Gasteiger partial charge in [0.25, 0.3) is 0 Å². The number of carbonyl (C=O) groups is 1. The van der Waals surface area contributed by atoms with Gasteiger partial charge in [-0.1, -0.05) is 17.7 Å². The summed E-state index contributed by atoms with van der Waals surface area (Å²) in [6.45, 7) is 4.13. The summed E-state index contributed by atoms with van der Waals surface area (Å²) in [5.41, 5.74) is 2.36. The van der Waals surface area contributed by atoms with E-state index in [1.165, 1.54) is 5.56 Å².